The summed E-state index contributed by atoms with van der Waals surface area (Å²) in [5.74, 6) is -0.0489. The number of H-pyrrole nitrogens is 1. The van der Waals surface area contributed by atoms with Gasteiger partial charge in [-0.05, 0) is 40.4 Å². The van der Waals surface area contributed by atoms with Gasteiger partial charge in [0.15, 0.2) is 5.16 Å². The minimum atomic E-state index is -2.95. The van der Waals surface area contributed by atoms with Gasteiger partial charge in [0.05, 0.1) is 10.2 Å². The molecule has 0 radical (unpaired) electrons. The van der Waals surface area contributed by atoms with Crippen LogP contribution >= 0.6 is 27.7 Å². The Hall–Kier alpha value is -1.92. The molecule has 0 aliphatic rings. The lowest BCUT2D eigenvalue weighted by molar-refractivity contribution is -0.0503. The molecular weight excluding hydrogens is 380 g/mol. The fraction of sp³-hybridized carbons (Fsp3) is 0.154. The van der Waals surface area contributed by atoms with Gasteiger partial charge in [-0.1, -0.05) is 11.8 Å². The Morgan fingerprint density at radius 1 is 1.50 bits per heavy atom. The van der Waals surface area contributed by atoms with E-state index in [1.165, 1.54) is 30.0 Å². The molecule has 114 valence electrons. The topological polar surface area (TPSA) is 78.8 Å². The van der Waals surface area contributed by atoms with E-state index in [0.29, 0.717) is 10.7 Å². The number of ether oxygens (including phenoxy) is 1. The van der Waals surface area contributed by atoms with E-state index in [1.807, 2.05) is 0 Å². The Bertz CT molecular complexity index is 805. The molecular formula is C13H8BrF2N3O2S. The van der Waals surface area contributed by atoms with Crippen molar-refractivity contribution in [1.82, 2.24) is 9.97 Å². The molecule has 0 aliphatic heterocycles. The van der Waals surface area contributed by atoms with Crippen molar-refractivity contribution in [2.75, 3.05) is 6.26 Å². The molecule has 22 heavy (non-hydrogen) atoms. The highest BCUT2D eigenvalue weighted by Gasteiger charge is 2.15. The second-order valence-corrected chi connectivity index (χ2v) is 5.58. The molecule has 0 fully saturated rings. The highest BCUT2D eigenvalue weighted by molar-refractivity contribution is 9.10. The summed E-state index contributed by atoms with van der Waals surface area (Å²) < 4.78 is 29.1. The predicted molar refractivity (Wildman–Crippen MR) is 81.1 cm³/mol. The maximum atomic E-state index is 12.2. The van der Waals surface area contributed by atoms with Crippen molar-refractivity contribution in [3.63, 3.8) is 0 Å². The number of benzene rings is 1. The Kier molecular flexibility index (Phi) is 5.15. The van der Waals surface area contributed by atoms with Crippen LogP contribution in [-0.2, 0) is 0 Å². The largest absolute Gasteiger partial charge is 0.434 e. The van der Waals surface area contributed by atoms with Crippen molar-refractivity contribution in [3.05, 3.63) is 38.6 Å². The van der Waals surface area contributed by atoms with Gasteiger partial charge < -0.3 is 9.72 Å². The normalized spacial score (nSPS) is 10.5. The molecule has 0 bridgehead atoms. The number of aromatic amines is 1. The summed E-state index contributed by atoms with van der Waals surface area (Å²) in [6, 6.07) is 6.03. The summed E-state index contributed by atoms with van der Waals surface area (Å²) in [7, 11) is 0. The molecule has 2 aromatic rings. The Balaban J connectivity index is 2.57. The molecule has 0 aliphatic carbocycles. The number of hydrogen-bond donors (Lipinski definition) is 1. The summed E-state index contributed by atoms with van der Waals surface area (Å²) in [6.45, 7) is -2.95. The first-order valence-corrected chi connectivity index (χ1v) is 7.81. The number of aromatic nitrogens is 2. The third-order valence-corrected chi connectivity index (χ3v) is 3.82. The van der Waals surface area contributed by atoms with Crippen LogP contribution in [-0.4, -0.2) is 22.8 Å². The first-order valence-electron chi connectivity index (χ1n) is 5.79. The summed E-state index contributed by atoms with van der Waals surface area (Å²) in [5.41, 5.74) is -0.0838. The Labute approximate surface area is 136 Å². The maximum Gasteiger partial charge on any atom is 0.387 e. The molecule has 1 aromatic heterocycles. The standard InChI is InChI=1S/C13H8BrF2N3O2S/c1-22-13-18-10(7(5-17)11(20)19-13)6-2-3-9(8(14)4-6)21-12(15)16/h2-4,12H,1H3,(H,18,19,20). The van der Waals surface area contributed by atoms with Crippen molar-refractivity contribution < 1.29 is 13.5 Å². The molecule has 1 heterocycles. The van der Waals surface area contributed by atoms with Crippen LogP contribution in [0.1, 0.15) is 5.56 Å². The molecule has 9 heteroatoms. The quantitative estimate of drug-likeness (QED) is 0.642. The SMILES string of the molecule is CSc1nc(-c2ccc(OC(F)F)c(Br)c2)c(C#N)c(=O)[nH]1. The van der Waals surface area contributed by atoms with Crippen LogP contribution in [0.25, 0.3) is 11.3 Å². The monoisotopic (exact) mass is 387 g/mol. The highest BCUT2D eigenvalue weighted by Crippen LogP contribution is 2.32. The molecule has 2 rings (SSSR count). The molecule has 0 saturated heterocycles. The molecule has 0 amide bonds. The first kappa shape index (κ1) is 16.5. The molecule has 5 nitrogen and oxygen atoms in total. The zero-order chi connectivity index (χ0) is 16.3. The zero-order valence-corrected chi connectivity index (χ0v) is 13.5. The molecule has 0 saturated carbocycles. The third-order valence-electron chi connectivity index (χ3n) is 2.62. The number of nitrogens with zero attached hydrogens (tertiary/aromatic N) is 2. The maximum absolute atomic E-state index is 12.2. The lowest BCUT2D eigenvalue weighted by Gasteiger charge is -2.09. The molecule has 0 atom stereocenters. The van der Waals surface area contributed by atoms with Crippen molar-refractivity contribution in [2.45, 2.75) is 11.8 Å². The number of nitriles is 1. The second-order valence-electron chi connectivity index (χ2n) is 3.93. The van der Waals surface area contributed by atoms with Crippen LogP contribution < -0.4 is 10.3 Å². The highest BCUT2D eigenvalue weighted by atomic mass is 79.9. The smallest absolute Gasteiger partial charge is 0.387 e. The third kappa shape index (κ3) is 3.45. The van der Waals surface area contributed by atoms with Crippen LogP contribution in [0.15, 0.2) is 32.6 Å². The van der Waals surface area contributed by atoms with Gasteiger partial charge >= 0.3 is 6.61 Å². The minimum absolute atomic E-state index is 0.0489. The number of nitrogens with one attached hydrogen (secondary N) is 1. The predicted octanol–water partition coefficient (Wildman–Crippen LogP) is 3.39. The number of hydrogen-bond acceptors (Lipinski definition) is 5. The van der Waals surface area contributed by atoms with E-state index in [2.05, 4.69) is 30.6 Å². The van der Waals surface area contributed by atoms with Crippen molar-refractivity contribution in [2.24, 2.45) is 0 Å². The van der Waals surface area contributed by atoms with Crippen molar-refractivity contribution in [1.29, 1.82) is 5.26 Å². The number of halogens is 3. The fourth-order valence-electron chi connectivity index (χ4n) is 1.70. The van der Waals surface area contributed by atoms with E-state index in [1.54, 1.807) is 12.3 Å². The lowest BCUT2D eigenvalue weighted by atomic mass is 10.1. The Morgan fingerprint density at radius 2 is 2.23 bits per heavy atom. The van der Waals surface area contributed by atoms with Gasteiger partial charge in [0.25, 0.3) is 5.56 Å². The summed E-state index contributed by atoms with van der Waals surface area (Å²) in [5, 5.41) is 9.46. The van der Waals surface area contributed by atoms with Gasteiger partial charge in [-0.3, -0.25) is 4.79 Å². The first-order chi connectivity index (χ1) is 10.5. The van der Waals surface area contributed by atoms with Gasteiger partial charge in [-0.25, -0.2) is 4.98 Å². The molecule has 0 unspecified atom stereocenters. The van der Waals surface area contributed by atoms with E-state index in [4.69, 9.17) is 5.26 Å². The average molecular weight is 388 g/mol. The van der Waals surface area contributed by atoms with E-state index in [-0.39, 0.29) is 21.5 Å². The molecule has 0 spiro atoms. The fourth-order valence-corrected chi connectivity index (χ4v) is 2.55. The second kappa shape index (κ2) is 6.89. The Morgan fingerprint density at radius 3 is 2.77 bits per heavy atom. The lowest BCUT2D eigenvalue weighted by Crippen LogP contribution is -2.14. The van der Waals surface area contributed by atoms with Crippen LogP contribution in [0.2, 0.25) is 0 Å². The summed E-state index contributed by atoms with van der Waals surface area (Å²) in [4.78, 5) is 18.5. The van der Waals surface area contributed by atoms with Crippen LogP contribution in [0.5, 0.6) is 5.75 Å². The number of thioether (sulfide) groups is 1. The van der Waals surface area contributed by atoms with Gasteiger partial charge in [-0.15, -0.1) is 0 Å². The van der Waals surface area contributed by atoms with Crippen molar-refractivity contribution >= 4 is 27.7 Å². The molecule has 1 N–H and O–H groups in total. The molecule has 1 aromatic carbocycles. The summed E-state index contributed by atoms with van der Waals surface area (Å²) >= 11 is 4.33. The van der Waals surface area contributed by atoms with Crippen LogP contribution in [0, 0.1) is 11.3 Å². The van der Waals surface area contributed by atoms with Crippen molar-refractivity contribution in [3.8, 4) is 23.1 Å². The summed E-state index contributed by atoms with van der Waals surface area (Å²) in [6.07, 6.45) is 1.73. The van der Waals surface area contributed by atoms with E-state index in [9.17, 15) is 13.6 Å². The van der Waals surface area contributed by atoms with Gasteiger partial charge in [0.2, 0.25) is 0 Å². The van der Waals surface area contributed by atoms with Gasteiger partial charge in [0, 0.05) is 5.56 Å². The van der Waals surface area contributed by atoms with Crippen LogP contribution in [0.4, 0.5) is 8.78 Å². The van der Waals surface area contributed by atoms with E-state index in [0.717, 1.165) is 0 Å². The van der Waals surface area contributed by atoms with Crippen LogP contribution in [0.3, 0.4) is 0 Å². The van der Waals surface area contributed by atoms with Gasteiger partial charge in [0.1, 0.15) is 17.4 Å². The number of alkyl halides is 2. The van der Waals surface area contributed by atoms with E-state index < -0.39 is 12.2 Å². The number of rotatable bonds is 4. The zero-order valence-electron chi connectivity index (χ0n) is 11.1. The van der Waals surface area contributed by atoms with E-state index >= 15 is 0 Å². The average Bonchev–Trinajstić information content (AvgIpc) is 2.48. The van der Waals surface area contributed by atoms with Gasteiger partial charge in [-0.2, -0.15) is 14.0 Å². The minimum Gasteiger partial charge on any atom is -0.434 e.